The van der Waals surface area contributed by atoms with Crippen LogP contribution in [0.15, 0.2) is 4.99 Å². The molecule has 0 radical (unpaired) electrons. The van der Waals surface area contributed by atoms with Crippen molar-refractivity contribution >= 4 is 11.9 Å². The molecule has 1 amide bonds. The summed E-state index contributed by atoms with van der Waals surface area (Å²) in [4.78, 5) is 18.4. The van der Waals surface area contributed by atoms with Gasteiger partial charge in [0, 0.05) is 38.6 Å². The Labute approximate surface area is 122 Å². The number of nitrogens with one attached hydrogen (secondary N) is 2. The topological polar surface area (TPSA) is 56.7 Å². The first kappa shape index (κ1) is 15.1. The minimum atomic E-state index is 0.264. The van der Waals surface area contributed by atoms with E-state index in [1.165, 1.54) is 12.8 Å². The highest BCUT2D eigenvalue weighted by Gasteiger charge is 2.33. The molecule has 0 aromatic carbocycles. The molecular formula is C15H28N4O. The highest BCUT2D eigenvalue weighted by Crippen LogP contribution is 2.28. The molecule has 5 nitrogen and oxygen atoms in total. The van der Waals surface area contributed by atoms with Crippen molar-refractivity contribution in [2.75, 3.05) is 20.1 Å². The lowest BCUT2D eigenvalue weighted by Gasteiger charge is -2.33. The lowest BCUT2D eigenvalue weighted by Crippen LogP contribution is -2.44. The second kappa shape index (κ2) is 6.95. The molecule has 0 spiro atoms. The predicted octanol–water partition coefficient (Wildman–Crippen LogP) is 1.35. The molecule has 2 fully saturated rings. The molecule has 0 bridgehead atoms. The van der Waals surface area contributed by atoms with Crippen molar-refractivity contribution in [1.29, 1.82) is 0 Å². The largest absolute Gasteiger partial charge is 0.356 e. The summed E-state index contributed by atoms with van der Waals surface area (Å²) in [6, 6.07) is 0.958. The average molecular weight is 280 g/mol. The summed E-state index contributed by atoms with van der Waals surface area (Å²) in [7, 11) is 1.77. The van der Waals surface area contributed by atoms with Gasteiger partial charge in [-0.05, 0) is 38.5 Å². The monoisotopic (exact) mass is 280 g/mol. The fourth-order valence-electron chi connectivity index (χ4n) is 2.79. The maximum absolute atomic E-state index is 12.2. The smallest absolute Gasteiger partial charge is 0.224 e. The summed E-state index contributed by atoms with van der Waals surface area (Å²) in [5.74, 6) is 1.82. The SMILES string of the molecule is CN=C(NCCC(=O)N1CCCCC1C)NC1CC1C. The van der Waals surface area contributed by atoms with Crippen molar-refractivity contribution < 1.29 is 4.79 Å². The first-order valence-electron chi connectivity index (χ1n) is 7.88. The van der Waals surface area contributed by atoms with Gasteiger partial charge >= 0.3 is 0 Å². The highest BCUT2D eigenvalue weighted by atomic mass is 16.2. The Morgan fingerprint density at radius 1 is 1.35 bits per heavy atom. The van der Waals surface area contributed by atoms with Gasteiger partial charge < -0.3 is 15.5 Å². The molecule has 2 aliphatic rings. The fourth-order valence-corrected chi connectivity index (χ4v) is 2.79. The summed E-state index contributed by atoms with van der Waals surface area (Å²) in [6.45, 7) is 5.96. The van der Waals surface area contributed by atoms with Crippen molar-refractivity contribution in [2.45, 2.75) is 58.0 Å². The second-order valence-electron chi connectivity index (χ2n) is 6.14. The van der Waals surface area contributed by atoms with E-state index in [1.54, 1.807) is 7.05 Å². The second-order valence-corrected chi connectivity index (χ2v) is 6.14. The Kier molecular flexibility index (Phi) is 5.26. The molecule has 5 heteroatoms. The number of nitrogens with zero attached hydrogens (tertiary/aromatic N) is 2. The van der Waals surface area contributed by atoms with Crippen molar-refractivity contribution in [3.63, 3.8) is 0 Å². The minimum Gasteiger partial charge on any atom is -0.356 e. The first-order valence-corrected chi connectivity index (χ1v) is 7.88. The van der Waals surface area contributed by atoms with Gasteiger partial charge in [0.1, 0.15) is 0 Å². The molecule has 1 saturated carbocycles. The van der Waals surface area contributed by atoms with Gasteiger partial charge in [-0.15, -0.1) is 0 Å². The molecule has 1 heterocycles. The van der Waals surface area contributed by atoms with Crippen LogP contribution in [0.4, 0.5) is 0 Å². The Balaban J connectivity index is 1.67. The first-order chi connectivity index (χ1) is 9.61. The van der Waals surface area contributed by atoms with Crippen LogP contribution in [0.25, 0.3) is 0 Å². The standard InChI is InChI=1S/C15H28N4O/c1-11-10-13(11)18-15(16-3)17-8-7-14(20)19-9-5-4-6-12(19)2/h11-13H,4-10H2,1-3H3,(H2,16,17,18). The zero-order valence-corrected chi connectivity index (χ0v) is 13.0. The molecule has 3 atom stereocenters. The van der Waals surface area contributed by atoms with E-state index >= 15 is 0 Å². The highest BCUT2D eigenvalue weighted by molar-refractivity contribution is 5.81. The van der Waals surface area contributed by atoms with Gasteiger partial charge in [0.25, 0.3) is 0 Å². The molecule has 3 unspecified atom stereocenters. The summed E-state index contributed by atoms with van der Waals surface area (Å²) in [5, 5.41) is 6.60. The molecule has 1 saturated heterocycles. The van der Waals surface area contributed by atoms with Gasteiger partial charge in [0.05, 0.1) is 0 Å². The van der Waals surface area contributed by atoms with E-state index in [-0.39, 0.29) is 5.91 Å². The lowest BCUT2D eigenvalue weighted by molar-refractivity contribution is -0.134. The van der Waals surface area contributed by atoms with Gasteiger partial charge in [-0.1, -0.05) is 6.92 Å². The van der Waals surface area contributed by atoms with E-state index in [9.17, 15) is 4.79 Å². The van der Waals surface area contributed by atoms with Gasteiger partial charge in [0.15, 0.2) is 5.96 Å². The van der Waals surface area contributed by atoms with Crippen molar-refractivity contribution in [3.05, 3.63) is 0 Å². The number of hydrogen-bond acceptors (Lipinski definition) is 2. The third-order valence-corrected chi connectivity index (χ3v) is 4.41. The molecular weight excluding hydrogens is 252 g/mol. The van der Waals surface area contributed by atoms with Gasteiger partial charge in [-0.3, -0.25) is 9.79 Å². The molecule has 0 aromatic heterocycles. The number of amides is 1. The lowest BCUT2D eigenvalue weighted by atomic mass is 10.0. The Morgan fingerprint density at radius 3 is 2.70 bits per heavy atom. The van der Waals surface area contributed by atoms with Crippen LogP contribution in [0, 0.1) is 5.92 Å². The normalized spacial score (nSPS) is 30.1. The number of likely N-dealkylation sites (tertiary alicyclic amines) is 1. The van der Waals surface area contributed by atoms with E-state index in [4.69, 9.17) is 0 Å². The number of rotatable bonds is 4. The third kappa shape index (κ3) is 4.12. The van der Waals surface area contributed by atoms with Crippen LogP contribution in [0.3, 0.4) is 0 Å². The maximum Gasteiger partial charge on any atom is 0.224 e. The van der Waals surface area contributed by atoms with E-state index < -0.39 is 0 Å². The molecule has 2 N–H and O–H groups in total. The van der Waals surface area contributed by atoms with Crippen molar-refractivity contribution in [2.24, 2.45) is 10.9 Å². The Hall–Kier alpha value is -1.26. The molecule has 0 aromatic rings. The van der Waals surface area contributed by atoms with Gasteiger partial charge in [-0.25, -0.2) is 0 Å². The Morgan fingerprint density at radius 2 is 2.10 bits per heavy atom. The number of guanidine groups is 1. The summed E-state index contributed by atoms with van der Waals surface area (Å²) in [6.07, 6.45) is 5.30. The number of aliphatic imine (C=N–C) groups is 1. The van der Waals surface area contributed by atoms with Crippen LogP contribution < -0.4 is 10.6 Å². The van der Waals surface area contributed by atoms with Crippen molar-refractivity contribution in [1.82, 2.24) is 15.5 Å². The molecule has 114 valence electrons. The van der Waals surface area contributed by atoms with E-state index in [2.05, 4.69) is 29.5 Å². The van der Waals surface area contributed by atoms with Crippen LogP contribution in [0.1, 0.15) is 46.0 Å². The predicted molar refractivity (Wildman–Crippen MR) is 81.7 cm³/mol. The van der Waals surface area contributed by atoms with Gasteiger partial charge in [-0.2, -0.15) is 0 Å². The third-order valence-electron chi connectivity index (χ3n) is 4.41. The van der Waals surface area contributed by atoms with Crippen LogP contribution >= 0.6 is 0 Å². The van der Waals surface area contributed by atoms with E-state index in [0.717, 1.165) is 31.3 Å². The number of carbonyl (C=O) groups excluding carboxylic acids is 1. The Bertz CT molecular complexity index is 369. The average Bonchev–Trinajstić information content (AvgIpc) is 3.13. The maximum atomic E-state index is 12.2. The van der Waals surface area contributed by atoms with Crippen molar-refractivity contribution in [3.8, 4) is 0 Å². The summed E-state index contributed by atoms with van der Waals surface area (Å²) < 4.78 is 0. The summed E-state index contributed by atoms with van der Waals surface area (Å²) in [5.41, 5.74) is 0. The van der Waals surface area contributed by atoms with Gasteiger partial charge in [0.2, 0.25) is 5.91 Å². The van der Waals surface area contributed by atoms with Crippen LogP contribution in [0.5, 0.6) is 0 Å². The van der Waals surface area contributed by atoms with E-state index in [1.807, 2.05) is 4.90 Å². The quantitative estimate of drug-likeness (QED) is 0.604. The molecule has 2 rings (SSSR count). The molecule has 1 aliphatic carbocycles. The van der Waals surface area contributed by atoms with Crippen LogP contribution in [0.2, 0.25) is 0 Å². The number of hydrogen-bond donors (Lipinski definition) is 2. The summed E-state index contributed by atoms with van der Waals surface area (Å²) >= 11 is 0. The number of piperidine rings is 1. The molecule has 20 heavy (non-hydrogen) atoms. The molecule has 1 aliphatic heterocycles. The minimum absolute atomic E-state index is 0.264. The van der Waals surface area contributed by atoms with Crippen LogP contribution in [-0.2, 0) is 4.79 Å². The number of carbonyl (C=O) groups is 1. The fraction of sp³-hybridized carbons (Fsp3) is 0.867. The zero-order chi connectivity index (χ0) is 14.5. The van der Waals surface area contributed by atoms with E-state index in [0.29, 0.717) is 25.0 Å². The zero-order valence-electron chi connectivity index (χ0n) is 13.0. The van der Waals surface area contributed by atoms with Crippen LogP contribution in [-0.4, -0.2) is 49.0 Å².